The van der Waals surface area contributed by atoms with E-state index in [-0.39, 0.29) is 28.1 Å². The third-order valence-electron chi connectivity index (χ3n) is 4.95. The highest BCUT2D eigenvalue weighted by atomic mass is 19.1. The standard InChI is InChI=1S/C22H21FN4O4/c1-6-22(4,11-28)26-21(31)19(29)17-12(2)18(27(5)13(17)3)20(30)25-15-7-8-16(23)14(9-15)10-24/h1,7-9,28H,11H2,2-5H3,(H,25,30)(H,26,31). The van der Waals surface area contributed by atoms with Gasteiger partial charge in [-0.2, -0.15) is 5.26 Å². The van der Waals surface area contributed by atoms with Gasteiger partial charge in [0.25, 0.3) is 17.6 Å². The summed E-state index contributed by atoms with van der Waals surface area (Å²) in [6.07, 6.45) is 5.30. The number of aromatic nitrogens is 1. The minimum absolute atomic E-state index is 0.0271. The van der Waals surface area contributed by atoms with Crippen LogP contribution >= 0.6 is 0 Å². The molecule has 0 saturated carbocycles. The van der Waals surface area contributed by atoms with E-state index in [4.69, 9.17) is 11.7 Å². The summed E-state index contributed by atoms with van der Waals surface area (Å²) in [6, 6.07) is 5.23. The third kappa shape index (κ3) is 4.47. The van der Waals surface area contributed by atoms with Gasteiger partial charge in [0.15, 0.2) is 0 Å². The number of hydrogen-bond donors (Lipinski definition) is 3. The second-order valence-electron chi connectivity index (χ2n) is 7.17. The second kappa shape index (κ2) is 8.82. The molecule has 2 aromatic rings. The van der Waals surface area contributed by atoms with Crippen LogP contribution < -0.4 is 10.6 Å². The van der Waals surface area contributed by atoms with Crippen LogP contribution in [-0.4, -0.2) is 39.4 Å². The van der Waals surface area contributed by atoms with E-state index in [1.165, 1.54) is 30.5 Å². The second-order valence-corrected chi connectivity index (χ2v) is 7.17. The van der Waals surface area contributed by atoms with E-state index in [2.05, 4.69) is 16.6 Å². The topological polar surface area (TPSA) is 124 Å². The Bertz CT molecular complexity index is 1170. The first kappa shape index (κ1) is 23.3. The van der Waals surface area contributed by atoms with E-state index in [0.29, 0.717) is 5.69 Å². The number of Topliss-reactive ketones (excluding diaryl/α,β-unsaturated/α-hetero) is 1. The summed E-state index contributed by atoms with van der Waals surface area (Å²) in [7, 11) is 1.55. The molecule has 1 atom stereocenters. The van der Waals surface area contributed by atoms with Crippen LogP contribution in [0, 0.1) is 43.3 Å². The molecule has 0 spiro atoms. The van der Waals surface area contributed by atoms with Gasteiger partial charge in [-0.05, 0) is 44.5 Å². The lowest BCUT2D eigenvalue weighted by atomic mass is 10.0. The maximum absolute atomic E-state index is 13.5. The number of ketones is 1. The van der Waals surface area contributed by atoms with Crippen molar-refractivity contribution >= 4 is 23.3 Å². The molecular weight excluding hydrogens is 403 g/mol. The average Bonchev–Trinajstić information content (AvgIpc) is 2.96. The maximum Gasteiger partial charge on any atom is 0.293 e. The summed E-state index contributed by atoms with van der Waals surface area (Å²) in [5.41, 5.74) is -0.689. The predicted molar refractivity (Wildman–Crippen MR) is 111 cm³/mol. The first-order chi connectivity index (χ1) is 14.5. The lowest BCUT2D eigenvalue weighted by Gasteiger charge is -2.21. The van der Waals surface area contributed by atoms with Crippen molar-refractivity contribution in [3.8, 4) is 18.4 Å². The van der Waals surface area contributed by atoms with Gasteiger partial charge >= 0.3 is 0 Å². The fraction of sp³-hybridized carbons (Fsp3) is 0.273. The average molecular weight is 424 g/mol. The Hall–Kier alpha value is -3.95. The van der Waals surface area contributed by atoms with Crippen LogP contribution in [0.3, 0.4) is 0 Å². The Morgan fingerprint density at radius 2 is 1.97 bits per heavy atom. The molecule has 1 aromatic heterocycles. The van der Waals surface area contributed by atoms with Gasteiger partial charge in [-0.1, -0.05) is 5.92 Å². The van der Waals surface area contributed by atoms with Crippen molar-refractivity contribution in [3.05, 3.63) is 52.1 Å². The number of hydrogen-bond acceptors (Lipinski definition) is 5. The zero-order chi connectivity index (χ0) is 23.5. The van der Waals surface area contributed by atoms with Crippen LogP contribution in [0.5, 0.6) is 0 Å². The molecule has 2 rings (SSSR count). The zero-order valence-electron chi connectivity index (χ0n) is 17.5. The van der Waals surface area contributed by atoms with Gasteiger partial charge < -0.3 is 20.3 Å². The van der Waals surface area contributed by atoms with Gasteiger partial charge in [0.05, 0.1) is 17.7 Å². The fourth-order valence-electron chi connectivity index (χ4n) is 3.06. The molecule has 1 heterocycles. The molecule has 1 unspecified atom stereocenters. The number of halogens is 1. The normalized spacial score (nSPS) is 12.3. The molecule has 160 valence electrons. The summed E-state index contributed by atoms with van der Waals surface area (Å²) in [5, 5.41) is 23.2. The maximum atomic E-state index is 13.5. The van der Waals surface area contributed by atoms with E-state index in [1.807, 2.05) is 0 Å². The number of amides is 2. The predicted octanol–water partition coefficient (Wildman–Crippen LogP) is 1.59. The number of nitrogens with zero attached hydrogens (tertiary/aromatic N) is 2. The molecule has 0 aliphatic heterocycles. The number of nitriles is 1. The molecule has 0 radical (unpaired) electrons. The quantitative estimate of drug-likeness (QED) is 0.369. The highest BCUT2D eigenvalue weighted by Gasteiger charge is 2.32. The number of nitrogens with one attached hydrogen (secondary N) is 2. The lowest BCUT2D eigenvalue weighted by molar-refractivity contribution is -0.118. The minimum Gasteiger partial charge on any atom is -0.393 e. The molecule has 3 N–H and O–H groups in total. The van der Waals surface area contributed by atoms with Crippen LogP contribution in [-0.2, 0) is 11.8 Å². The number of benzene rings is 1. The molecule has 1 aromatic carbocycles. The number of aliphatic hydroxyl groups is 1. The molecule has 31 heavy (non-hydrogen) atoms. The Kier molecular flexibility index (Phi) is 6.64. The summed E-state index contributed by atoms with van der Waals surface area (Å²) < 4.78 is 15.0. The first-order valence-corrected chi connectivity index (χ1v) is 9.12. The third-order valence-corrected chi connectivity index (χ3v) is 4.95. The molecule has 0 saturated heterocycles. The number of carbonyl (C=O) groups excluding carboxylic acids is 3. The first-order valence-electron chi connectivity index (χ1n) is 9.12. The van der Waals surface area contributed by atoms with E-state index in [0.717, 1.165) is 6.07 Å². The largest absolute Gasteiger partial charge is 0.393 e. The van der Waals surface area contributed by atoms with Crippen molar-refractivity contribution in [3.63, 3.8) is 0 Å². The summed E-state index contributed by atoms with van der Waals surface area (Å²) in [4.78, 5) is 38.0. The van der Waals surface area contributed by atoms with E-state index in [1.54, 1.807) is 20.0 Å². The van der Waals surface area contributed by atoms with Crippen LogP contribution in [0.1, 0.15) is 44.6 Å². The van der Waals surface area contributed by atoms with Crippen molar-refractivity contribution in [1.82, 2.24) is 9.88 Å². The zero-order valence-corrected chi connectivity index (χ0v) is 17.5. The van der Waals surface area contributed by atoms with Crippen LogP contribution in [0.4, 0.5) is 10.1 Å². The molecular formula is C22H21FN4O4. The molecule has 9 heteroatoms. The molecule has 8 nitrogen and oxygen atoms in total. The number of aliphatic hydroxyl groups excluding tert-OH is 1. The molecule has 0 aliphatic carbocycles. The lowest BCUT2D eigenvalue weighted by Crippen LogP contribution is -2.50. The van der Waals surface area contributed by atoms with Crippen molar-refractivity contribution in [2.24, 2.45) is 7.05 Å². The summed E-state index contributed by atoms with van der Waals surface area (Å²) in [5.74, 6) is -1.04. The Morgan fingerprint density at radius 3 is 2.52 bits per heavy atom. The molecule has 0 aliphatic rings. The molecule has 0 bridgehead atoms. The van der Waals surface area contributed by atoms with Crippen molar-refractivity contribution in [2.45, 2.75) is 26.3 Å². The van der Waals surface area contributed by atoms with Gasteiger partial charge in [-0.15, -0.1) is 6.42 Å². The van der Waals surface area contributed by atoms with Crippen molar-refractivity contribution in [1.29, 1.82) is 5.26 Å². The Morgan fingerprint density at radius 1 is 1.32 bits per heavy atom. The van der Waals surface area contributed by atoms with E-state index in [9.17, 15) is 23.9 Å². The van der Waals surface area contributed by atoms with Gasteiger partial charge in [-0.3, -0.25) is 14.4 Å². The smallest absolute Gasteiger partial charge is 0.293 e. The fourth-order valence-corrected chi connectivity index (χ4v) is 3.06. The summed E-state index contributed by atoms with van der Waals surface area (Å²) in [6.45, 7) is 3.91. The van der Waals surface area contributed by atoms with Crippen LogP contribution in [0.15, 0.2) is 18.2 Å². The van der Waals surface area contributed by atoms with E-state index < -0.39 is 35.6 Å². The van der Waals surface area contributed by atoms with Gasteiger partial charge in [0, 0.05) is 18.4 Å². The number of terminal acetylenes is 1. The molecule has 0 fully saturated rings. The highest BCUT2D eigenvalue weighted by molar-refractivity contribution is 6.43. The monoisotopic (exact) mass is 424 g/mol. The highest BCUT2D eigenvalue weighted by Crippen LogP contribution is 2.24. The van der Waals surface area contributed by atoms with Crippen LogP contribution in [0.25, 0.3) is 0 Å². The summed E-state index contributed by atoms with van der Waals surface area (Å²) >= 11 is 0. The van der Waals surface area contributed by atoms with Crippen molar-refractivity contribution < 1.29 is 23.9 Å². The number of anilines is 1. The Balaban J connectivity index is 2.39. The van der Waals surface area contributed by atoms with Crippen LogP contribution in [0.2, 0.25) is 0 Å². The minimum atomic E-state index is -1.41. The van der Waals surface area contributed by atoms with Crippen molar-refractivity contribution in [2.75, 3.05) is 11.9 Å². The van der Waals surface area contributed by atoms with E-state index >= 15 is 0 Å². The van der Waals surface area contributed by atoms with Gasteiger partial charge in [-0.25, -0.2) is 4.39 Å². The van der Waals surface area contributed by atoms with Gasteiger partial charge in [0.2, 0.25) is 0 Å². The number of rotatable bonds is 6. The number of carbonyl (C=O) groups is 3. The van der Waals surface area contributed by atoms with Gasteiger partial charge in [0.1, 0.15) is 23.1 Å². The SMILES string of the molecule is C#CC(C)(CO)NC(=O)C(=O)c1c(C)c(C(=O)Nc2ccc(F)c(C#N)c2)n(C)c1C. The molecule has 2 amide bonds. The Labute approximate surface area is 178 Å².